The first-order valence-corrected chi connectivity index (χ1v) is 5.50. The Hall–Kier alpha value is -0.0500. The van der Waals surface area contributed by atoms with Crippen LogP contribution < -0.4 is 5.73 Å². The Bertz CT molecular complexity index is 334. The molecule has 2 N–H and O–H groups in total. The summed E-state index contributed by atoms with van der Waals surface area (Å²) in [5.74, 6) is 0. The van der Waals surface area contributed by atoms with E-state index in [0.29, 0.717) is 0 Å². The van der Waals surface area contributed by atoms with Gasteiger partial charge in [0, 0.05) is 10.0 Å². The highest BCUT2D eigenvalue weighted by atomic mass is 79.9. The first-order valence-electron chi connectivity index (χ1n) is 4.32. The molecule has 1 aliphatic rings. The van der Waals surface area contributed by atoms with E-state index in [4.69, 9.17) is 17.3 Å². The Balaban J connectivity index is 2.25. The third-order valence-corrected chi connectivity index (χ3v) is 3.95. The highest BCUT2D eigenvalue weighted by Gasteiger charge is 2.38. The second-order valence-corrected chi connectivity index (χ2v) is 4.95. The molecule has 1 saturated carbocycles. The van der Waals surface area contributed by atoms with Crippen molar-refractivity contribution in [2.45, 2.75) is 24.8 Å². The van der Waals surface area contributed by atoms with Crippen molar-refractivity contribution in [3.8, 4) is 0 Å². The number of hydrogen-bond acceptors (Lipinski definition) is 1. The van der Waals surface area contributed by atoms with Crippen molar-refractivity contribution < 1.29 is 0 Å². The molecule has 3 heteroatoms. The van der Waals surface area contributed by atoms with Gasteiger partial charge < -0.3 is 5.73 Å². The number of benzene rings is 1. The highest BCUT2D eigenvalue weighted by Crippen LogP contribution is 2.38. The molecular formula is C10H11BrClN. The van der Waals surface area contributed by atoms with Crippen molar-refractivity contribution >= 4 is 27.5 Å². The van der Waals surface area contributed by atoms with Gasteiger partial charge in [-0.3, -0.25) is 0 Å². The fourth-order valence-corrected chi connectivity index (χ4v) is 2.00. The first kappa shape index (κ1) is 9.50. The lowest BCUT2D eigenvalue weighted by molar-refractivity contribution is 0.670. The van der Waals surface area contributed by atoms with E-state index in [0.717, 1.165) is 28.8 Å². The van der Waals surface area contributed by atoms with Gasteiger partial charge in [-0.05, 0) is 46.8 Å². The van der Waals surface area contributed by atoms with Crippen molar-refractivity contribution in [1.29, 1.82) is 0 Å². The standard InChI is InChI=1S/C10H11BrClN/c11-9-7(2-1-3-8(9)12)6-10(13)4-5-10/h1-3H,4-6,13H2. The lowest BCUT2D eigenvalue weighted by Crippen LogP contribution is -2.24. The fourth-order valence-electron chi connectivity index (χ4n) is 1.40. The lowest BCUT2D eigenvalue weighted by Gasteiger charge is -2.10. The molecule has 0 heterocycles. The molecule has 0 aliphatic heterocycles. The van der Waals surface area contributed by atoms with Gasteiger partial charge in [0.25, 0.3) is 0 Å². The van der Waals surface area contributed by atoms with Crippen LogP contribution in [0.25, 0.3) is 0 Å². The van der Waals surface area contributed by atoms with Crippen LogP contribution in [0.2, 0.25) is 5.02 Å². The molecule has 0 radical (unpaired) electrons. The summed E-state index contributed by atoms with van der Waals surface area (Å²) in [6.07, 6.45) is 3.19. The van der Waals surface area contributed by atoms with Crippen LogP contribution >= 0.6 is 27.5 Å². The number of hydrogen-bond donors (Lipinski definition) is 1. The van der Waals surface area contributed by atoms with Gasteiger partial charge in [-0.25, -0.2) is 0 Å². The van der Waals surface area contributed by atoms with Crippen LogP contribution in [0, 0.1) is 0 Å². The summed E-state index contributed by atoms with van der Waals surface area (Å²) < 4.78 is 0.994. The van der Waals surface area contributed by atoms with E-state index in [1.807, 2.05) is 12.1 Å². The summed E-state index contributed by atoms with van der Waals surface area (Å²) in [6.45, 7) is 0. The van der Waals surface area contributed by atoms with Crippen LogP contribution in [0.5, 0.6) is 0 Å². The molecule has 0 atom stereocenters. The van der Waals surface area contributed by atoms with Gasteiger partial charge in [-0.15, -0.1) is 0 Å². The Morgan fingerprint density at radius 3 is 2.77 bits per heavy atom. The van der Waals surface area contributed by atoms with Gasteiger partial charge >= 0.3 is 0 Å². The minimum absolute atomic E-state index is 0.0488. The van der Waals surface area contributed by atoms with Gasteiger partial charge in [-0.1, -0.05) is 23.7 Å². The molecule has 0 aromatic heterocycles. The highest BCUT2D eigenvalue weighted by molar-refractivity contribution is 9.10. The summed E-state index contributed by atoms with van der Waals surface area (Å²) in [6, 6.07) is 5.92. The Kier molecular flexibility index (Phi) is 2.39. The van der Waals surface area contributed by atoms with Gasteiger partial charge in [0.15, 0.2) is 0 Å². The van der Waals surface area contributed by atoms with Crippen molar-refractivity contribution in [2.75, 3.05) is 0 Å². The third-order valence-electron chi connectivity index (χ3n) is 2.47. The van der Waals surface area contributed by atoms with E-state index in [1.54, 1.807) is 0 Å². The molecule has 70 valence electrons. The molecule has 0 spiro atoms. The van der Waals surface area contributed by atoms with Crippen LogP contribution in [-0.2, 0) is 6.42 Å². The zero-order valence-corrected chi connectivity index (χ0v) is 9.53. The smallest absolute Gasteiger partial charge is 0.0550 e. The molecule has 1 aromatic rings. The Morgan fingerprint density at radius 1 is 1.46 bits per heavy atom. The molecule has 0 amide bonds. The van der Waals surface area contributed by atoms with Gasteiger partial charge in [0.2, 0.25) is 0 Å². The van der Waals surface area contributed by atoms with E-state index >= 15 is 0 Å². The molecule has 13 heavy (non-hydrogen) atoms. The zero-order chi connectivity index (χ0) is 9.47. The van der Waals surface area contributed by atoms with Crippen molar-refractivity contribution in [3.63, 3.8) is 0 Å². The Morgan fingerprint density at radius 2 is 2.15 bits per heavy atom. The minimum Gasteiger partial charge on any atom is -0.325 e. The molecule has 0 unspecified atom stereocenters. The fraction of sp³-hybridized carbons (Fsp3) is 0.400. The third kappa shape index (κ3) is 2.06. The maximum atomic E-state index is 6.03. The summed E-state index contributed by atoms with van der Waals surface area (Å²) in [5, 5.41) is 0.766. The maximum Gasteiger partial charge on any atom is 0.0550 e. The average molecular weight is 261 g/mol. The quantitative estimate of drug-likeness (QED) is 0.869. The van der Waals surface area contributed by atoms with E-state index < -0.39 is 0 Å². The van der Waals surface area contributed by atoms with Crippen molar-refractivity contribution in [3.05, 3.63) is 33.3 Å². The Labute approximate surface area is 91.4 Å². The predicted molar refractivity (Wildman–Crippen MR) is 59.0 cm³/mol. The van der Waals surface area contributed by atoms with E-state index in [9.17, 15) is 0 Å². The van der Waals surface area contributed by atoms with E-state index in [2.05, 4.69) is 22.0 Å². The van der Waals surface area contributed by atoms with Crippen LogP contribution in [-0.4, -0.2) is 5.54 Å². The van der Waals surface area contributed by atoms with Crippen LogP contribution in [0.3, 0.4) is 0 Å². The topological polar surface area (TPSA) is 26.0 Å². The maximum absolute atomic E-state index is 6.03. The molecule has 0 saturated heterocycles. The summed E-state index contributed by atoms with van der Waals surface area (Å²) >= 11 is 9.45. The van der Waals surface area contributed by atoms with Gasteiger partial charge in [-0.2, -0.15) is 0 Å². The van der Waals surface area contributed by atoms with Gasteiger partial charge in [0.1, 0.15) is 0 Å². The molecule has 1 aliphatic carbocycles. The predicted octanol–water partition coefficient (Wildman–Crippen LogP) is 3.14. The SMILES string of the molecule is NC1(Cc2cccc(Cl)c2Br)CC1. The van der Waals surface area contributed by atoms with Crippen molar-refractivity contribution in [1.82, 2.24) is 0 Å². The molecule has 0 bridgehead atoms. The lowest BCUT2D eigenvalue weighted by atomic mass is 10.1. The number of halogens is 2. The van der Waals surface area contributed by atoms with Crippen LogP contribution in [0.4, 0.5) is 0 Å². The van der Waals surface area contributed by atoms with Crippen LogP contribution in [0.15, 0.2) is 22.7 Å². The average Bonchev–Trinajstić information content (AvgIpc) is 2.78. The molecule has 1 fully saturated rings. The zero-order valence-electron chi connectivity index (χ0n) is 7.19. The van der Waals surface area contributed by atoms with E-state index in [1.165, 1.54) is 5.56 Å². The first-order chi connectivity index (χ1) is 6.11. The van der Waals surface area contributed by atoms with Gasteiger partial charge in [0.05, 0.1) is 5.02 Å². The largest absolute Gasteiger partial charge is 0.325 e. The molecule has 2 rings (SSSR count). The summed E-state index contributed by atoms with van der Waals surface area (Å²) in [4.78, 5) is 0. The monoisotopic (exact) mass is 259 g/mol. The summed E-state index contributed by atoms with van der Waals surface area (Å²) in [7, 11) is 0. The molecule has 1 nitrogen and oxygen atoms in total. The van der Waals surface area contributed by atoms with Crippen molar-refractivity contribution in [2.24, 2.45) is 5.73 Å². The molecular weight excluding hydrogens is 249 g/mol. The number of nitrogens with two attached hydrogens (primary N) is 1. The minimum atomic E-state index is 0.0488. The molecule has 1 aromatic carbocycles. The second kappa shape index (κ2) is 3.26. The number of rotatable bonds is 2. The second-order valence-electron chi connectivity index (χ2n) is 3.75. The summed E-state index contributed by atoms with van der Waals surface area (Å²) in [5.41, 5.74) is 7.30. The normalized spacial score (nSPS) is 18.7. The van der Waals surface area contributed by atoms with Crippen LogP contribution in [0.1, 0.15) is 18.4 Å². The van der Waals surface area contributed by atoms with E-state index in [-0.39, 0.29) is 5.54 Å².